The first kappa shape index (κ1) is 22.3. The third-order valence-electron chi connectivity index (χ3n) is 6.42. The Morgan fingerprint density at radius 3 is 2.59 bits per heavy atom. The molecule has 8 nitrogen and oxygen atoms in total. The number of aryl methyl sites for hydroxylation is 2. The van der Waals surface area contributed by atoms with E-state index in [1.54, 1.807) is 18.3 Å². The van der Waals surface area contributed by atoms with Crippen LogP contribution in [0.5, 0.6) is 0 Å². The average molecular weight is 460 g/mol. The molecule has 176 valence electrons. The van der Waals surface area contributed by atoms with Gasteiger partial charge in [0.05, 0.1) is 19.4 Å². The van der Waals surface area contributed by atoms with E-state index in [-0.39, 0.29) is 11.8 Å². The first-order valence-corrected chi connectivity index (χ1v) is 11.7. The van der Waals surface area contributed by atoms with Gasteiger partial charge in [0.2, 0.25) is 0 Å². The van der Waals surface area contributed by atoms with Crippen molar-refractivity contribution in [3.63, 3.8) is 0 Å². The van der Waals surface area contributed by atoms with Gasteiger partial charge in [-0.2, -0.15) is 0 Å². The summed E-state index contributed by atoms with van der Waals surface area (Å²) in [5.41, 5.74) is 4.48. The summed E-state index contributed by atoms with van der Waals surface area (Å²) >= 11 is 0. The second-order valence-electron chi connectivity index (χ2n) is 8.84. The lowest BCUT2D eigenvalue weighted by Crippen LogP contribution is -2.35. The molecule has 1 fully saturated rings. The molecule has 0 saturated carbocycles. The molecule has 8 heteroatoms. The Bertz CT molecular complexity index is 1200. The Labute approximate surface area is 198 Å². The molecule has 0 spiro atoms. The van der Waals surface area contributed by atoms with E-state index in [0.29, 0.717) is 16.9 Å². The monoisotopic (exact) mass is 459 g/mol. The molecule has 0 atom stereocenters. The van der Waals surface area contributed by atoms with E-state index >= 15 is 0 Å². The quantitative estimate of drug-likeness (QED) is 0.589. The number of hydrogen-bond acceptors (Lipinski definition) is 5. The summed E-state index contributed by atoms with van der Waals surface area (Å²) in [4.78, 5) is 32.4. The maximum atomic E-state index is 12.9. The fraction of sp³-hybridized carbons (Fsp3) is 0.346. The van der Waals surface area contributed by atoms with Gasteiger partial charge in [0.25, 0.3) is 11.8 Å². The van der Waals surface area contributed by atoms with Crippen LogP contribution >= 0.6 is 0 Å². The van der Waals surface area contributed by atoms with Crippen molar-refractivity contribution < 1.29 is 14.3 Å². The maximum absolute atomic E-state index is 12.9. The highest BCUT2D eigenvalue weighted by Gasteiger charge is 2.21. The standard InChI is InChI=1S/C26H29N5O3/c1-18-4-7-20(15-22(18)29-26(33)23-16-27-24-3-2-10-31(23)24)25(32)28-21-8-5-19(6-9-21)17-30-11-13-34-14-12-30/h4-9,15-16H,2-3,10-14,17H2,1H3,(H,28,32)(H,29,33). The molecule has 34 heavy (non-hydrogen) atoms. The number of benzene rings is 2. The van der Waals surface area contributed by atoms with E-state index < -0.39 is 0 Å². The molecule has 0 unspecified atom stereocenters. The van der Waals surface area contributed by atoms with Crippen LogP contribution in [0.4, 0.5) is 11.4 Å². The third-order valence-corrected chi connectivity index (χ3v) is 6.42. The molecular formula is C26H29N5O3. The van der Waals surface area contributed by atoms with Gasteiger partial charge in [-0.3, -0.25) is 14.5 Å². The van der Waals surface area contributed by atoms with Crippen LogP contribution in [-0.4, -0.2) is 52.6 Å². The summed E-state index contributed by atoms with van der Waals surface area (Å²) in [6.45, 7) is 7.02. The first-order chi connectivity index (χ1) is 16.6. The largest absolute Gasteiger partial charge is 0.379 e. The highest BCUT2D eigenvalue weighted by molar-refractivity contribution is 6.07. The molecule has 1 aromatic heterocycles. The molecule has 0 bridgehead atoms. The first-order valence-electron chi connectivity index (χ1n) is 11.7. The van der Waals surface area contributed by atoms with Crippen LogP contribution in [0.25, 0.3) is 0 Å². The van der Waals surface area contributed by atoms with E-state index in [4.69, 9.17) is 4.74 Å². The molecule has 3 aromatic rings. The lowest BCUT2D eigenvalue weighted by molar-refractivity contribution is 0.0342. The van der Waals surface area contributed by atoms with Gasteiger partial charge in [-0.25, -0.2) is 4.98 Å². The predicted molar refractivity (Wildman–Crippen MR) is 130 cm³/mol. The minimum atomic E-state index is -0.221. The van der Waals surface area contributed by atoms with Crippen LogP contribution in [0, 0.1) is 6.92 Å². The van der Waals surface area contributed by atoms with Crippen molar-refractivity contribution in [2.24, 2.45) is 0 Å². The second-order valence-corrected chi connectivity index (χ2v) is 8.84. The highest BCUT2D eigenvalue weighted by atomic mass is 16.5. The van der Waals surface area contributed by atoms with E-state index in [2.05, 4.69) is 20.5 Å². The Morgan fingerprint density at radius 2 is 1.79 bits per heavy atom. The summed E-state index contributed by atoms with van der Waals surface area (Å²) < 4.78 is 7.36. The van der Waals surface area contributed by atoms with Crippen LogP contribution in [0.2, 0.25) is 0 Å². The van der Waals surface area contributed by atoms with Gasteiger partial charge < -0.3 is 19.9 Å². The maximum Gasteiger partial charge on any atom is 0.273 e. The molecule has 2 amide bonds. The van der Waals surface area contributed by atoms with Gasteiger partial charge in [-0.05, 0) is 48.7 Å². The van der Waals surface area contributed by atoms with Crippen molar-refractivity contribution in [2.75, 3.05) is 36.9 Å². The van der Waals surface area contributed by atoms with E-state index in [1.807, 2.05) is 41.8 Å². The Hall–Kier alpha value is -3.49. The van der Waals surface area contributed by atoms with E-state index in [9.17, 15) is 9.59 Å². The zero-order valence-corrected chi connectivity index (χ0v) is 19.3. The summed E-state index contributed by atoms with van der Waals surface area (Å²) in [7, 11) is 0. The van der Waals surface area contributed by atoms with Crippen LogP contribution in [0.15, 0.2) is 48.7 Å². The molecular weight excluding hydrogens is 430 g/mol. The average Bonchev–Trinajstić information content (AvgIpc) is 3.46. The predicted octanol–water partition coefficient (Wildman–Crippen LogP) is 3.47. The Balaban J connectivity index is 1.23. The fourth-order valence-corrected chi connectivity index (χ4v) is 4.44. The normalized spacial score (nSPS) is 15.7. The van der Waals surface area contributed by atoms with Crippen LogP contribution in [-0.2, 0) is 24.2 Å². The van der Waals surface area contributed by atoms with Crippen LogP contribution < -0.4 is 10.6 Å². The number of amides is 2. The lowest BCUT2D eigenvalue weighted by Gasteiger charge is -2.26. The zero-order chi connectivity index (χ0) is 23.5. The number of nitrogens with one attached hydrogen (secondary N) is 2. The minimum absolute atomic E-state index is 0.211. The smallest absolute Gasteiger partial charge is 0.273 e. The molecule has 5 rings (SSSR count). The van der Waals surface area contributed by atoms with Crippen LogP contribution in [0.1, 0.15) is 44.2 Å². The number of imidazole rings is 1. The van der Waals surface area contributed by atoms with Gasteiger partial charge in [-0.15, -0.1) is 0 Å². The number of morpholine rings is 1. The number of aromatic nitrogens is 2. The van der Waals surface area contributed by atoms with E-state index in [0.717, 1.165) is 69.3 Å². The van der Waals surface area contributed by atoms with Crippen molar-refractivity contribution in [1.29, 1.82) is 0 Å². The SMILES string of the molecule is Cc1ccc(C(=O)Nc2ccc(CN3CCOCC3)cc2)cc1NC(=O)c1cnc2n1CCC2. The van der Waals surface area contributed by atoms with E-state index in [1.165, 1.54) is 5.56 Å². The molecule has 0 radical (unpaired) electrons. The second kappa shape index (κ2) is 9.79. The van der Waals surface area contributed by atoms with Crippen molar-refractivity contribution in [1.82, 2.24) is 14.5 Å². The number of hydrogen-bond donors (Lipinski definition) is 2. The number of rotatable bonds is 6. The molecule has 1 saturated heterocycles. The fourth-order valence-electron chi connectivity index (χ4n) is 4.44. The molecule has 3 heterocycles. The molecule has 0 aliphatic carbocycles. The molecule has 2 N–H and O–H groups in total. The summed E-state index contributed by atoms with van der Waals surface area (Å²) in [5, 5.41) is 5.91. The third kappa shape index (κ3) is 4.88. The van der Waals surface area contributed by atoms with Crippen molar-refractivity contribution in [3.8, 4) is 0 Å². The molecule has 2 aliphatic rings. The van der Waals surface area contributed by atoms with Crippen molar-refractivity contribution in [3.05, 3.63) is 76.9 Å². The Kier molecular flexibility index (Phi) is 6.42. The lowest BCUT2D eigenvalue weighted by atomic mass is 10.1. The number of ether oxygens (including phenoxy) is 1. The van der Waals surface area contributed by atoms with Crippen molar-refractivity contribution in [2.45, 2.75) is 32.9 Å². The number of carbonyl (C=O) groups excluding carboxylic acids is 2. The number of nitrogens with zero attached hydrogens (tertiary/aromatic N) is 3. The van der Waals surface area contributed by atoms with Gasteiger partial charge in [-0.1, -0.05) is 18.2 Å². The van der Waals surface area contributed by atoms with Crippen LogP contribution in [0.3, 0.4) is 0 Å². The minimum Gasteiger partial charge on any atom is -0.379 e. The van der Waals surface area contributed by atoms with Gasteiger partial charge in [0.15, 0.2) is 0 Å². The molecule has 2 aliphatic heterocycles. The number of anilines is 2. The van der Waals surface area contributed by atoms with Gasteiger partial charge >= 0.3 is 0 Å². The number of carbonyl (C=O) groups is 2. The molecule has 2 aromatic carbocycles. The van der Waals surface area contributed by atoms with Gasteiger partial charge in [0.1, 0.15) is 11.5 Å². The summed E-state index contributed by atoms with van der Waals surface area (Å²) in [6.07, 6.45) is 3.53. The number of fused-ring (bicyclic) bond motifs is 1. The van der Waals surface area contributed by atoms with Crippen molar-refractivity contribution >= 4 is 23.2 Å². The van der Waals surface area contributed by atoms with Gasteiger partial charge in [0, 0.05) is 49.5 Å². The zero-order valence-electron chi connectivity index (χ0n) is 19.3. The topological polar surface area (TPSA) is 88.5 Å². The summed E-state index contributed by atoms with van der Waals surface area (Å²) in [6, 6.07) is 13.2. The Morgan fingerprint density at radius 1 is 1.00 bits per heavy atom. The summed E-state index contributed by atoms with van der Waals surface area (Å²) in [5.74, 6) is 0.518. The highest BCUT2D eigenvalue weighted by Crippen LogP contribution is 2.22.